The Morgan fingerprint density at radius 2 is 1.98 bits per heavy atom. The minimum atomic E-state index is -3.23. The Labute approximate surface area is 242 Å². The molecule has 40 heavy (non-hydrogen) atoms. The Balaban J connectivity index is 1.57. The monoisotopic (exact) mass is 613 g/mol. The lowest BCUT2D eigenvalue weighted by Crippen LogP contribution is -2.53. The smallest absolute Gasteiger partial charge is 0.344 e. The highest BCUT2D eigenvalue weighted by Crippen LogP contribution is 2.57. The molecule has 13 heteroatoms. The molecule has 2 amide bonds. The molecule has 2 heterocycles. The first kappa shape index (κ1) is 29.5. The largest absolute Gasteiger partial charge is 0.352 e. The molecule has 5 atom stereocenters. The van der Waals surface area contributed by atoms with Crippen molar-refractivity contribution in [3.05, 3.63) is 63.4 Å². The summed E-state index contributed by atoms with van der Waals surface area (Å²) in [4.78, 5) is 41.7. The maximum absolute atomic E-state index is 15.8. The molecule has 0 aromatic heterocycles. The summed E-state index contributed by atoms with van der Waals surface area (Å²) < 4.78 is 30.9. The van der Waals surface area contributed by atoms with Crippen molar-refractivity contribution in [1.29, 1.82) is 0 Å². The lowest BCUT2D eigenvalue weighted by atomic mass is 9.62. The van der Waals surface area contributed by atoms with Crippen LogP contribution in [-0.4, -0.2) is 40.9 Å². The van der Waals surface area contributed by atoms with Crippen LogP contribution in [0.4, 0.5) is 10.1 Å². The zero-order valence-electron chi connectivity index (χ0n) is 22.1. The Morgan fingerprint density at radius 1 is 1.25 bits per heavy atom. The number of hydrogen-bond donors (Lipinski definition) is 4. The van der Waals surface area contributed by atoms with Gasteiger partial charge in [0.1, 0.15) is 11.2 Å². The van der Waals surface area contributed by atoms with Gasteiger partial charge in [-0.3, -0.25) is 14.2 Å². The minimum Gasteiger partial charge on any atom is -0.352 e. The van der Waals surface area contributed by atoms with Gasteiger partial charge in [0.15, 0.2) is 0 Å². The number of amides is 2. The van der Waals surface area contributed by atoms with Crippen molar-refractivity contribution in [2.45, 2.75) is 75.6 Å². The molecular weight excluding hydrogens is 583 g/mol. The molecule has 1 saturated heterocycles. The first-order valence-electron chi connectivity index (χ1n) is 13.0. The molecule has 0 radical (unpaired) electrons. The number of carbonyl (C=O) groups excluding carboxylic acids is 2. The Hall–Kier alpha value is -2.04. The van der Waals surface area contributed by atoms with Crippen LogP contribution in [0.1, 0.15) is 57.1 Å². The van der Waals surface area contributed by atoms with Gasteiger partial charge < -0.3 is 20.8 Å². The number of carbonyl (C=O) groups is 2. The lowest BCUT2D eigenvalue weighted by molar-refractivity contribution is -0.266. The summed E-state index contributed by atoms with van der Waals surface area (Å²) in [5.74, 6) is -2.39. The van der Waals surface area contributed by atoms with Gasteiger partial charge >= 0.3 is 8.25 Å². The van der Waals surface area contributed by atoms with Gasteiger partial charge in [0.25, 0.3) is 0 Å². The van der Waals surface area contributed by atoms with E-state index in [1.54, 1.807) is 30.3 Å². The number of halogens is 3. The van der Waals surface area contributed by atoms with Crippen molar-refractivity contribution in [2.75, 3.05) is 5.32 Å². The molecule has 1 unspecified atom stereocenters. The maximum Gasteiger partial charge on any atom is 0.344 e. The molecule has 1 saturated carbocycles. The van der Waals surface area contributed by atoms with Crippen molar-refractivity contribution in [3.63, 3.8) is 0 Å². The summed E-state index contributed by atoms with van der Waals surface area (Å²) in [5, 5.41) is 9.67. The highest BCUT2D eigenvalue weighted by Gasteiger charge is 2.66. The van der Waals surface area contributed by atoms with Gasteiger partial charge in [0.05, 0.1) is 17.2 Å². The number of anilines is 1. The van der Waals surface area contributed by atoms with Crippen LogP contribution in [0.15, 0.2) is 36.4 Å². The SMILES string of the molecule is CC(C)(C)C[C@H]1N[C@@H](C(=O)NC2CC(OO[PH](=O)O)C2)[C@H](c2cccc(Cl)c2F)[C@@]12C(=O)Nc1cc(Cl)ccc12. The van der Waals surface area contributed by atoms with Crippen LogP contribution in [0.3, 0.4) is 0 Å². The van der Waals surface area contributed by atoms with Crippen LogP contribution in [0.5, 0.6) is 0 Å². The molecule has 2 aliphatic heterocycles. The van der Waals surface area contributed by atoms with E-state index in [2.05, 4.69) is 20.6 Å². The maximum atomic E-state index is 15.8. The van der Waals surface area contributed by atoms with Crippen LogP contribution in [0.2, 0.25) is 10.0 Å². The van der Waals surface area contributed by atoms with E-state index >= 15 is 4.39 Å². The molecule has 2 aromatic rings. The predicted octanol–water partition coefficient (Wildman–Crippen LogP) is 4.86. The topological polar surface area (TPSA) is 126 Å². The van der Waals surface area contributed by atoms with Gasteiger partial charge in [-0.15, -0.1) is 0 Å². The third-order valence-corrected chi connectivity index (χ3v) is 8.68. The van der Waals surface area contributed by atoms with Gasteiger partial charge in [-0.05, 0) is 54.0 Å². The molecule has 216 valence electrons. The zero-order chi connectivity index (χ0) is 29.0. The molecule has 1 spiro atoms. The fraction of sp³-hybridized carbons (Fsp3) is 0.481. The van der Waals surface area contributed by atoms with Crippen molar-refractivity contribution in [1.82, 2.24) is 10.6 Å². The zero-order valence-corrected chi connectivity index (χ0v) is 24.6. The van der Waals surface area contributed by atoms with E-state index in [1.165, 1.54) is 6.07 Å². The molecule has 4 N–H and O–H groups in total. The fourth-order valence-corrected chi connectivity index (χ4v) is 6.89. The number of rotatable bonds is 7. The van der Waals surface area contributed by atoms with Gasteiger partial charge in [0, 0.05) is 28.7 Å². The summed E-state index contributed by atoms with van der Waals surface area (Å²) in [5.41, 5.74) is -0.278. The van der Waals surface area contributed by atoms with E-state index in [0.29, 0.717) is 35.5 Å². The van der Waals surface area contributed by atoms with Crippen LogP contribution >= 0.6 is 31.5 Å². The Morgan fingerprint density at radius 3 is 2.65 bits per heavy atom. The summed E-state index contributed by atoms with van der Waals surface area (Å²) in [6.45, 7) is 6.12. The molecule has 2 aromatic carbocycles. The molecular formula is C27H31Cl2FN3O6P. The van der Waals surface area contributed by atoms with Gasteiger partial charge in [-0.1, -0.05) is 62.2 Å². The first-order chi connectivity index (χ1) is 18.8. The summed E-state index contributed by atoms with van der Waals surface area (Å²) in [7, 11) is -3.23. The van der Waals surface area contributed by atoms with E-state index < -0.39 is 49.5 Å². The average molecular weight is 614 g/mol. The van der Waals surface area contributed by atoms with E-state index in [1.807, 2.05) is 20.8 Å². The first-order valence-corrected chi connectivity index (χ1v) is 15.0. The van der Waals surface area contributed by atoms with Crippen molar-refractivity contribution >= 4 is 49.0 Å². The quantitative estimate of drug-likeness (QED) is 0.200. The summed E-state index contributed by atoms with van der Waals surface area (Å²) in [6.07, 6.45) is 0.785. The highest BCUT2D eigenvalue weighted by atomic mass is 35.5. The van der Waals surface area contributed by atoms with Crippen LogP contribution in [0, 0.1) is 11.2 Å². The minimum absolute atomic E-state index is 0.108. The molecule has 9 nitrogen and oxygen atoms in total. The van der Waals surface area contributed by atoms with Crippen LogP contribution in [0.25, 0.3) is 0 Å². The standard InChI is InChI=1S/C27H31Cl2FN3O6P/c1-26(2,3)12-20-27(17-8-7-13(28)9-19(17)32-25(27)35)21(16-5-4-6-18(29)22(16)30)23(33-20)24(34)31-14-10-15(11-14)38-39-40(36)37/h4-9,14-15,20-21,23,33,40H,10-12H2,1-3H3,(H,31,34)(H,32,35)(H,36,37)/t14?,15?,20-,21+,23-,27+/m1/s1. The van der Waals surface area contributed by atoms with Crippen LogP contribution in [-0.2, 0) is 29.1 Å². The second-order valence-corrected chi connectivity index (χ2v) is 13.4. The van der Waals surface area contributed by atoms with Gasteiger partial charge in [0.2, 0.25) is 11.8 Å². The Bertz CT molecular complexity index is 1370. The number of benzene rings is 2. The van der Waals surface area contributed by atoms with Crippen molar-refractivity contribution in [2.24, 2.45) is 5.41 Å². The second-order valence-electron chi connectivity index (χ2n) is 11.8. The normalized spacial score (nSPS) is 30.1. The van der Waals surface area contributed by atoms with Crippen molar-refractivity contribution < 1.29 is 33.0 Å². The lowest BCUT2D eigenvalue weighted by Gasteiger charge is -2.38. The number of nitrogens with one attached hydrogen (secondary N) is 3. The van der Waals surface area contributed by atoms with E-state index in [-0.39, 0.29) is 28.0 Å². The summed E-state index contributed by atoms with van der Waals surface area (Å²) in [6, 6.07) is 7.89. The van der Waals surface area contributed by atoms with Crippen molar-refractivity contribution in [3.8, 4) is 0 Å². The van der Waals surface area contributed by atoms with Gasteiger partial charge in [-0.2, -0.15) is 4.67 Å². The van der Waals surface area contributed by atoms with E-state index in [9.17, 15) is 14.2 Å². The van der Waals surface area contributed by atoms with E-state index in [4.69, 9.17) is 33.0 Å². The predicted molar refractivity (Wildman–Crippen MR) is 149 cm³/mol. The highest BCUT2D eigenvalue weighted by molar-refractivity contribution is 7.31. The third-order valence-electron chi connectivity index (χ3n) is 7.92. The molecule has 2 fully saturated rings. The summed E-state index contributed by atoms with van der Waals surface area (Å²) >= 11 is 12.5. The molecule has 1 aliphatic carbocycles. The third kappa shape index (κ3) is 5.31. The number of fused-ring (bicyclic) bond motifs is 2. The Kier molecular flexibility index (Phi) is 8.09. The average Bonchev–Trinajstić information content (AvgIpc) is 3.30. The fourth-order valence-electron chi connectivity index (χ4n) is 6.31. The molecule has 3 aliphatic rings. The van der Waals surface area contributed by atoms with E-state index in [0.717, 1.165) is 0 Å². The van der Waals surface area contributed by atoms with Gasteiger partial charge in [-0.25, -0.2) is 9.28 Å². The number of hydrogen-bond acceptors (Lipinski definition) is 6. The molecule has 0 bridgehead atoms. The van der Waals surface area contributed by atoms with Crippen LogP contribution < -0.4 is 16.0 Å². The molecule has 5 rings (SSSR count). The second kappa shape index (κ2) is 11.0.